The van der Waals surface area contributed by atoms with Gasteiger partial charge in [-0.25, -0.2) is 0 Å². The van der Waals surface area contributed by atoms with E-state index < -0.39 is 10.8 Å². The van der Waals surface area contributed by atoms with Crippen LogP contribution in [0.2, 0.25) is 0 Å². The normalized spacial score (nSPS) is 12.4. The number of ketones is 2. The third kappa shape index (κ3) is 5.04. The Bertz CT molecular complexity index is 760. The fraction of sp³-hybridized carbons (Fsp3) is 0.250. The second-order valence-corrected chi connectivity index (χ2v) is 7.54. The van der Waals surface area contributed by atoms with E-state index in [-0.39, 0.29) is 11.6 Å². The van der Waals surface area contributed by atoms with E-state index in [0.29, 0.717) is 0 Å². The van der Waals surface area contributed by atoms with E-state index in [4.69, 9.17) is 0 Å². The third-order valence-electron chi connectivity index (χ3n) is 4.88. The highest BCUT2D eigenvalue weighted by Crippen LogP contribution is 2.25. The van der Waals surface area contributed by atoms with Gasteiger partial charge < -0.3 is 5.32 Å². The molecule has 0 amide bonds. The van der Waals surface area contributed by atoms with Gasteiger partial charge >= 0.3 is 0 Å². The predicted octanol–water partition coefficient (Wildman–Crippen LogP) is 4.70. The van der Waals surface area contributed by atoms with Crippen molar-refractivity contribution < 1.29 is 9.59 Å². The molecule has 3 heteroatoms. The second kappa shape index (κ2) is 8.63. The number of carbonyl (C=O) groups excluding carboxylic acids is 2. The molecule has 0 aromatic heterocycles. The molecule has 1 N–H and O–H groups in total. The largest absolute Gasteiger partial charge is 0.367 e. The first-order valence-corrected chi connectivity index (χ1v) is 9.05. The minimum atomic E-state index is -0.603. The number of rotatable bonds is 8. The Hall–Kier alpha value is -2.94. The summed E-state index contributed by atoms with van der Waals surface area (Å²) < 4.78 is 0. The van der Waals surface area contributed by atoms with Crippen LogP contribution >= 0.6 is 0 Å². The number of allylic oxidation sites excluding steroid dienone is 2. The maximum atomic E-state index is 12.5. The fourth-order valence-corrected chi connectivity index (χ4v) is 2.71. The lowest BCUT2D eigenvalue weighted by Crippen LogP contribution is -2.28. The first-order chi connectivity index (χ1) is 12.8. The van der Waals surface area contributed by atoms with Gasteiger partial charge in [0, 0.05) is 12.4 Å². The zero-order chi connectivity index (χ0) is 19.9. The van der Waals surface area contributed by atoms with Gasteiger partial charge in [0.05, 0.1) is 10.8 Å². The van der Waals surface area contributed by atoms with Crippen LogP contribution in [0.1, 0.15) is 38.8 Å². The van der Waals surface area contributed by atoms with Crippen molar-refractivity contribution in [3.05, 3.63) is 96.3 Å². The van der Waals surface area contributed by atoms with E-state index in [1.54, 1.807) is 12.4 Å². The first kappa shape index (κ1) is 20.4. The van der Waals surface area contributed by atoms with Gasteiger partial charge in [-0.2, -0.15) is 0 Å². The van der Waals surface area contributed by atoms with E-state index in [1.165, 1.54) is 12.2 Å². The molecule has 0 bridgehead atoms. The van der Waals surface area contributed by atoms with Gasteiger partial charge in [-0.05, 0) is 51.0 Å². The van der Waals surface area contributed by atoms with Gasteiger partial charge in [0.15, 0.2) is 11.6 Å². The molecule has 2 rings (SSSR count). The molecule has 0 aliphatic carbocycles. The van der Waals surface area contributed by atoms with Gasteiger partial charge in [0.25, 0.3) is 0 Å². The Morgan fingerprint density at radius 1 is 0.667 bits per heavy atom. The maximum absolute atomic E-state index is 12.5. The molecule has 0 unspecified atom stereocenters. The number of hydrogen-bond acceptors (Lipinski definition) is 3. The zero-order valence-corrected chi connectivity index (χ0v) is 16.4. The molecule has 0 radical (unpaired) electrons. The van der Waals surface area contributed by atoms with E-state index in [1.807, 2.05) is 88.4 Å². The third-order valence-corrected chi connectivity index (χ3v) is 4.88. The summed E-state index contributed by atoms with van der Waals surface area (Å²) in [5.74, 6) is -0.0175. The molecule has 0 aliphatic heterocycles. The van der Waals surface area contributed by atoms with Crippen LogP contribution in [0.3, 0.4) is 0 Å². The second-order valence-electron chi connectivity index (χ2n) is 7.54. The molecular weight excluding hydrogens is 334 g/mol. The van der Waals surface area contributed by atoms with Crippen LogP contribution in [-0.4, -0.2) is 11.6 Å². The van der Waals surface area contributed by atoms with Gasteiger partial charge in [-0.3, -0.25) is 9.59 Å². The molecule has 0 atom stereocenters. The van der Waals surface area contributed by atoms with Crippen LogP contribution in [0, 0.1) is 0 Å². The number of carbonyl (C=O) groups is 2. The molecule has 27 heavy (non-hydrogen) atoms. The maximum Gasteiger partial charge on any atom is 0.167 e. The highest BCUT2D eigenvalue weighted by Gasteiger charge is 2.28. The van der Waals surface area contributed by atoms with Crippen molar-refractivity contribution in [1.82, 2.24) is 5.32 Å². The SMILES string of the molecule is CC(C)(C(=O)C=CNC=CC(=O)C(C)(C)c1ccccc1)c1ccccc1. The number of hydrogen-bond donors (Lipinski definition) is 1. The summed E-state index contributed by atoms with van der Waals surface area (Å²) in [6.45, 7) is 7.60. The summed E-state index contributed by atoms with van der Waals surface area (Å²) in [4.78, 5) is 25.0. The first-order valence-electron chi connectivity index (χ1n) is 9.05. The molecule has 140 valence electrons. The smallest absolute Gasteiger partial charge is 0.167 e. The summed E-state index contributed by atoms with van der Waals surface area (Å²) in [6.07, 6.45) is 6.13. The minimum Gasteiger partial charge on any atom is -0.367 e. The van der Waals surface area contributed by atoms with Crippen LogP contribution in [0.5, 0.6) is 0 Å². The Kier molecular flexibility index (Phi) is 6.51. The summed E-state index contributed by atoms with van der Waals surface area (Å²) in [5, 5.41) is 2.89. The molecular formula is C24H27NO2. The van der Waals surface area contributed by atoms with Crippen molar-refractivity contribution in [3.63, 3.8) is 0 Å². The highest BCUT2D eigenvalue weighted by atomic mass is 16.1. The van der Waals surface area contributed by atoms with E-state index in [9.17, 15) is 9.59 Å². The minimum absolute atomic E-state index is 0.00876. The summed E-state index contributed by atoms with van der Waals surface area (Å²) in [5.41, 5.74) is 0.729. The molecule has 0 heterocycles. The van der Waals surface area contributed by atoms with Crippen LogP contribution in [0.4, 0.5) is 0 Å². The van der Waals surface area contributed by atoms with Crippen molar-refractivity contribution in [1.29, 1.82) is 0 Å². The standard InChI is InChI=1S/C24H27NO2/c1-23(2,19-11-7-5-8-12-19)21(26)15-17-25-18-16-22(27)24(3,4)20-13-9-6-10-14-20/h5-18,25H,1-4H3. The Morgan fingerprint density at radius 3 is 1.33 bits per heavy atom. The Morgan fingerprint density at radius 2 is 1.00 bits per heavy atom. The molecule has 0 spiro atoms. The van der Waals surface area contributed by atoms with E-state index in [2.05, 4.69) is 5.32 Å². The van der Waals surface area contributed by atoms with Gasteiger partial charge in [0.2, 0.25) is 0 Å². The average Bonchev–Trinajstić information content (AvgIpc) is 2.68. The molecule has 0 saturated carbocycles. The molecule has 2 aromatic carbocycles. The molecule has 0 fully saturated rings. The van der Waals surface area contributed by atoms with Crippen molar-refractivity contribution in [2.75, 3.05) is 0 Å². The van der Waals surface area contributed by atoms with Crippen molar-refractivity contribution in [3.8, 4) is 0 Å². The van der Waals surface area contributed by atoms with Gasteiger partial charge in [0.1, 0.15) is 0 Å². The highest BCUT2D eigenvalue weighted by molar-refractivity contribution is 5.99. The fourth-order valence-electron chi connectivity index (χ4n) is 2.71. The van der Waals surface area contributed by atoms with Gasteiger partial charge in [-0.15, -0.1) is 0 Å². The molecule has 3 nitrogen and oxygen atoms in total. The average molecular weight is 361 g/mol. The predicted molar refractivity (Wildman–Crippen MR) is 110 cm³/mol. The lowest BCUT2D eigenvalue weighted by atomic mass is 9.80. The quantitative estimate of drug-likeness (QED) is 0.694. The van der Waals surface area contributed by atoms with Crippen LogP contribution < -0.4 is 5.32 Å². The summed E-state index contributed by atoms with van der Waals surface area (Å²) in [6, 6.07) is 19.4. The lowest BCUT2D eigenvalue weighted by molar-refractivity contribution is -0.119. The Labute approximate surface area is 161 Å². The summed E-state index contributed by atoms with van der Waals surface area (Å²) in [7, 11) is 0. The van der Waals surface area contributed by atoms with Gasteiger partial charge in [-0.1, -0.05) is 60.7 Å². The Balaban J connectivity index is 1.95. The van der Waals surface area contributed by atoms with E-state index >= 15 is 0 Å². The molecule has 2 aromatic rings. The van der Waals surface area contributed by atoms with Crippen LogP contribution in [-0.2, 0) is 20.4 Å². The van der Waals surface area contributed by atoms with Crippen molar-refractivity contribution >= 4 is 11.6 Å². The topological polar surface area (TPSA) is 46.2 Å². The molecule has 0 saturated heterocycles. The lowest BCUT2D eigenvalue weighted by Gasteiger charge is -2.22. The zero-order valence-electron chi connectivity index (χ0n) is 16.4. The number of nitrogens with one attached hydrogen (secondary N) is 1. The monoisotopic (exact) mass is 361 g/mol. The van der Waals surface area contributed by atoms with Crippen LogP contribution in [0.15, 0.2) is 85.2 Å². The molecule has 0 aliphatic rings. The van der Waals surface area contributed by atoms with Crippen LogP contribution in [0.25, 0.3) is 0 Å². The van der Waals surface area contributed by atoms with Crippen molar-refractivity contribution in [2.45, 2.75) is 38.5 Å². The van der Waals surface area contributed by atoms with E-state index in [0.717, 1.165) is 11.1 Å². The number of benzene rings is 2. The summed E-state index contributed by atoms with van der Waals surface area (Å²) >= 11 is 0. The van der Waals surface area contributed by atoms with Crippen molar-refractivity contribution in [2.24, 2.45) is 0 Å².